The van der Waals surface area contributed by atoms with Gasteiger partial charge >= 0.3 is 0 Å². The van der Waals surface area contributed by atoms with Gasteiger partial charge in [-0.3, -0.25) is 4.79 Å². The van der Waals surface area contributed by atoms with Gasteiger partial charge in [0.15, 0.2) is 0 Å². The van der Waals surface area contributed by atoms with Crippen LogP contribution < -0.4 is 5.32 Å². The number of aromatic amines is 1. The molecule has 0 fully saturated rings. The highest BCUT2D eigenvalue weighted by Crippen LogP contribution is 1.98. The fourth-order valence-electron chi connectivity index (χ4n) is 0.856. The summed E-state index contributed by atoms with van der Waals surface area (Å²) in [5, 5.41) is 2.68. The molecule has 0 atom stereocenters. The number of nitrogens with one attached hydrogen (secondary N) is 2. The van der Waals surface area contributed by atoms with E-state index in [1.165, 1.54) is 0 Å². The number of hydrogen-bond acceptors (Lipinski definition) is 2. The highest BCUT2D eigenvalue weighted by atomic mass is 32.1. The summed E-state index contributed by atoms with van der Waals surface area (Å²) in [5.41, 5.74) is 0.523. The molecule has 1 amide bonds. The third-order valence-corrected chi connectivity index (χ3v) is 1.74. The average Bonchev–Trinajstić information content (AvgIpc) is 2.05. The molecule has 0 unspecified atom stereocenters. The molecule has 0 aliphatic rings. The van der Waals surface area contributed by atoms with Gasteiger partial charge in [0, 0.05) is 12.7 Å². The van der Waals surface area contributed by atoms with Crippen LogP contribution in [0.5, 0.6) is 0 Å². The maximum atomic E-state index is 11.3. The maximum Gasteiger partial charge on any atom is 0.254 e. The number of rotatable bonds is 2. The molecule has 0 bridgehead atoms. The summed E-state index contributed by atoms with van der Waals surface area (Å²) in [4.78, 5) is 14.1. The smallest absolute Gasteiger partial charge is 0.254 e. The molecule has 12 heavy (non-hydrogen) atoms. The molecule has 2 N–H and O–H groups in total. The van der Waals surface area contributed by atoms with E-state index in [0.29, 0.717) is 16.7 Å². The van der Waals surface area contributed by atoms with Crippen LogP contribution in [0.15, 0.2) is 18.3 Å². The quantitative estimate of drug-likeness (QED) is 0.681. The van der Waals surface area contributed by atoms with Gasteiger partial charge in [-0.15, -0.1) is 0 Å². The zero-order chi connectivity index (χ0) is 8.97. The number of pyridine rings is 1. The third kappa shape index (κ3) is 1.92. The van der Waals surface area contributed by atoms with Crippen molar-refractivity contribution in [1.29, 1.82) is 0 Å². The largest absolute Gasteiger partial charge is 0.352 e. The van der Waals surface area contributed by atoms with Crippen LogP contribution in [0.4, 0.5) is 0 Å². The second-order valence-electron chi connectivity index (χ2n) is 2.27. The number of carbonyl (C=O) groups is 1. The van der Waals surface area contributed by atoms with Gasteiger partial charge in [0.05, 0.1) is 5.56 Å². The lowest BCUT2D eigenvalue weighted by Gasteiger charge is -2.00. The van der Waals surface area contributed by atoms with Crippen molar-refractivity contribution in [2.24, 2.45) is 0 Å². The number of aromatic nitrogens is 1. The van der Waals surface area contributed by atoms with Crippen molar-refractivity contribution in [3.05, 3.63) is 28.5 Å². The van der Waals surface area contributed by atoms with Gasteiger partial charge in [-0.05, 0) is 19.1 Å². The first-order valence-corrected chi connectivity index (χ1v) is 4.12. The van der Waals surface area contributed by atoms with Gasteiger partial charge in [0.1, 0.15) is 4.64 Å². The first-order chi connectivity index (χ1) is 5.75. The molecule has 0 spiro atoms. The highest BCUT2D eigenvalue weighted by Gasteiger charge is 2.03. The van der Waals surface area contributed by atoms with Gasteiger partial charge in [-0.2, -0.15) is 0 Å². The van der Waals surface area contributed by atoms with Crippen LogP contribution in [-0.2, 0) is 0 Å². The predicted molar refractivity (Wildman–Crippen MR) is 49.6 cm³/mol. The van der Waals surface area contributed by atoms with E-state index in [0.717, 1.165) is 0 Å². The summed E-state index contributed by atoms with van der Waals surface area (Å²) in [7, 11) is 0. The van der Waals surface area contributed by atoms with E-state index in [2.05, 4.69) is 10.3 Å². The fourth-order valence-corrected chi connectivity index (χ4v) is 1.08. The van der Waals surface area contributed by atoms with Crippen molar-refractivity contribution < 1.29 is 4.79 Å². The summed E-state index contributed by atoms with van der Waals surface area (Å²) in [5.74, 6) is -0.126. The van der Waals surface area contributed by atoms with Crippen LogP contribution in [-0.4, -0.2) is 17.4 Å². The molecule has 1 aromatic heterocycles. The second kappa shape index (κ2) is 4.01. The van der Waals surface area contributed by atoms with Gasteiger partial charge in [-0.1, -0.05) is 12.2 Å². The molecule has 3 nitrogen and oxygen atoms in total. The zero-order valence-corrected chi connectivity index (χ0v) is 7.57. The van der Waals surface area contributed by atoms with Crippen LogP contribution in [0.3, 0.4) is 0 Å². The van der Waals surface area contributed by atoms with Crippen molar-refractivity contribution in [3.63, 3.8) is 0 Å². The Balaban J connectivity index is 2.95. The second-order valence-corrected chi connectivity index (χ2v) is 2.68. The summed E-state index contributed by atoms with van der Waals surface area (Å²) >= 11 is 4.93. The molecule has 0 aliphatic heterocycles. The average molecular weight is 182 g/mol. The summed E-state index contributed by atoms with van der Waals surface area (Å²) in [6, 6.07) is 3.45. The molecule has 1 rings (SSSR count). The molecule has 1 heterocycles. The topological polar surface area (TPSA) is 44.9 Å². The standard InChI is InChI=1S/C8H10N2OS/c1-2-9-7(11)6-4-3-5-10-8(6)12/h3-5H,2H2,1H3,(H,9,11)(H,10,12). The first-order valence-electron chi connectivity index (χ1n) is 3.71. The van der Waals surface area contributed by atoms with E-state index in [9.17, 15) is 4.79 Å². The van der Waals surface area contributed by atoms with Gasteiger partial charge in [-0.25, -0.2) is 0 Å². The number of H-pyrrole nitrogens is 1. The van der Waals surface area contributed by atoms with Crippen LogP contribution in [0.2, 0.25) is 0 Å². The van der Waals surface area contributed by atoms with Gasteiger partial charge in [0.25, 0.3) is 5.91 Å². The molecule has 64 valence electrons. The minimum absolute atomic E-state index is 0.126. The van der Waals surface area contributed by atoms with Crippen molar-refractivity contribution in [2.45, 2.75) is 6.92 Å². The summed E-state index contributed by atoms with van der Waals surface area (Å²) < 4.78 is 0.475. The third-order valence-electron chi connectivity index (χ3n) is 1.40. The SMILES string of the molecule is CCNC(=O)c1ccc[nH]c1=S. The lowest BCUT2D eigenvalue weighted by Crippen LogP contribution is -2.23. The number of hydrogen-bond donors (Lipinski definition) is 2. The Morgan fingerprint density at radius 1 is 1.75 bits per heavy atom. The Bertz CT molecular complexity index is 332. The normalized spacial score (nSPS) is 9.42. The molecule has 0 aliphatic carbocycles. The van der Waals surface area contributed by atoms with Gasteiger partial charge < -0.3 is 10.3 Å². The van der Waals surface area contributed by atoms with E-state index in [1.807, 2.05) is 6.92 Å². The Morgan fingerprint density at radius 2 is 2.50 bits per heavy atom. The van der Waals surface area contributed by atoms with Crippen LogP contribution in [0.25, 0.3) is 0 Å². The fraction of sp³-hybridized carbons (Fsp3) is 0.250. The van der Waals surface area contributed by atoms with Crippen molar-refractivity contribution >= 4 is 18.1 Å². The van der Waals surface area contributed by atoms with Crippen molar-refractivity contribution in [2.75, 3.05) is 6.54 Å². The zero-order valence-electron chi connectivity index (χ0n) is 6.76. The van der Waals surface area contributed by atoms with Crippen molar-refractivity contribution in [3.8, 4) is 0 Å². The molecule has 0 saturated heterocycles. The Kier molecular flexibility index (Phi) is 2.99. The van der Waals surface area contributed by atoms with E-state index in [4.69, 9.17) is 12.2 Å². The Morgan fingerprint density at radius 3 is 3.08 bits per heavy atom. The van der Waals surface area contributed by atoms with Crippen LogP contribution in [0.1, 0.15) is 17.3 Å². The lowest BCUT2D eigenvalue weighted by atomic mass is 10.3. The van der Waals surface area contributed by atoms with Crippen molar-refractivity contribution in [1.82, 2.24) is 10.3 Å². The minimum Gasteiger partial charge on any atom is -0.352 e. The molecular formula is C8H10N2OS. The Hall–Kier alpha value is -1.16. The van der Waals surface area contributed by atoms with Crippen LogP contribution >= 0.6 is 12.2 Å². The van der Waals surface area contributed by atoms with Crippen LogP contribution in [0, 0.1) is 4.64 Å². The van der Waals surface area contributed by atoms with E-state index >= 15 is 0 Å². The number of amides is 1. The monoisotopic (exact) mass is 182 g/mol. The molecule has 4 heteroatoms. The minimum atomic E-state index is -0.126. The maximum absolute atomic E-state index is 11.3. The van der Waals surface area contributed by atoms with E-state index in [1.54, 1.807) is 18.3 Å². The van der Waals surface area contributed by atoms with Gasteiger partial charge in [0.2, 0.25) is 0 Å². The molecule has 0 saturated carbocycles. The predicted octanol–water partition coefficient (Wildman–Crippen LogP) is 1.49. The molecule has 1 aromatic rings. The summed E-state index contributed by atoms with van der Waals surface area (Å²) in [6.07, 6.45) is 1.70. The Labute approximate surface area is 75.8 Å². The van der Waals surface area contributed by atoms with E-state index in [-0.39, 0.29) is 5.91 Å². The first kappa shape index (κ1) is 8.93. The highest BCUT2D eigenvalue weighted by molar-refractivity contribution is 7.71. The summed E-state index contributed by atoms with van der Waals surface area (Å²) in [6.45, 7) is 2.48. The van der Waals surface area contributed by atoms with E-state index < -0.39 is 0 Å². The molecular weight excluding hydrogens is 172 g/mol. The number of carbonyl (C=O) groups excluding carboxylic acids is 1. The molecule has 0 radical (unpaired) electrons. The molecule has 0 aromatic carbocycles. The lowest BCUT2D eigenvalue weighted by molar-refractivity contribution is 0.0955.